The van der Waals surface area contributed by atoms with E-state index in [2.05, 4.69) is 16.8 Å². The first-order valence-electron chi connectivity index (χ1n) is 10.7. The van der Waals surface area contributed by atoms with Crippen LogP contribution in [0.25, 0.3) is 0 Å². The molecule has 0 aliphatic carbocycles. The van der Waals surface area contributed by atoms with Crippen molar-refractivity contribution in [3.63, 3.8) is 0 Å². The van der Waals surface area contributed by atoms with Gasteiger partial charge in [-0.2, -0.15) is 0 Å². The standard InChI is InChI=1S/C22H34N4O3/c1-5-25-9-11-26(12-10-25)20(27)18-14-22(21(28)29,13-16(2)3)24(4)19(18)17-7-6-8-23-15-17/h6-8,15-16,18-19H,5,9-14H2,1-4H3,(H,28,29)/t18-,19-,22-/m1/s1. The minimum atomic E-state index is -1.04. The van der Waals surface area contributed by atoms with Crippen LogP contribution >= 0.6 is 0 Å². The molecule has 0 aromatic carbocycles. The fraction of sp³-hybridized carbons (Fsp3) is 0.682. The summed E-state index contributed by atoms with van der Waals surface area (Å²) >= 11 is 0. The lowest BCUT2D eigenvalue weighted by Gasteiger charge is -2.37. The first-order chi connectivity index (χ1) is 13.8. The van der Waals surface area contributed by atoms with E-state index in [1.807, 2.05) is 42.8 Å². The highest BCUT2D eigenvalue weighted by molar-refractivity contribution is 5.85. The number of hydrogen-bond donors (Lipinski definition) is 1. The van der Waals surface area contributed by atoms with E-state index in [-0.39, 0.29) is 23.8 Å². The van der Waals surface area contributed by atoms with Crippen LogP contribution in [0.1, 0.15) is 45.2 Å². The summed E-state index contributed by atoms with van der Waals surface area (Å²) in [6.45, 7) is 10.4. The summed E-state index contributed by atoms with van der Waals surface area (Å²) in [4.78, 5) is 36.5. The molecule has 0 saturated carbocycles. The fourth-order valence-electron chi connectivity index (χ4n) is 5.13. The quantitative estimate of drug-likeness (QED) is 0.785. The summed E-state index contributed by atoms with van der Waals surface area (Å²) < 4.78 is 0. The molecule has 1 aromatic heterocycles. The lowest BCUT2D eigenvalue weighted by Crippen LogP contribution is -2.50. The second-order valence-electron chi connectivity index (χ2n) is 8.85. The van der Waals surface area contributed by atoms with Crippen molar-refractivity contribution in [2.45, 2.75) is 45.2 Å². The van der Waals surface area contributed by atoms with Crippen LogP contribution in [0.3, 0.4) is 0 Å². The van der Waals surface area contributed by atoms with Crippen LogP contribution < -0.4 is 0 Å². The molecule has 2 saturated heterocycles. The van der Waals surface area contributed by atoms with E-state index in [1.54, 1.807) is 12.4 Å². The summed E-state index contributed by atoms with van der Waals surface area (Å²) in [5, 5.41) is 10.2. The number of carboxylic acid groups (broad SMARTS) is 1. The Hall–Kier alpha value is -1.99. The highest BCUT2D eigenvalue weighted by Gasteiger charge is 2.57. The van der Waals surface area contributed by atoms with Gasteiger partial charge in [-0.3, -0.25) is 19.5 Å². The number of hydrogen-bond acceptors (Lipinski definition) is 5. The Balaban J connectivity index is 1.94. The third-order valence-electron chi connectivity index (χ3n) is 6.65. The lowest BCUT2D eigenvalue weighted by molar-refractivity contribution is -0.151. The van der Waals surface area contributed by atoms with Crippen LogP contribution in [0, 0.1) is 11.8 Å². The number of likely N-dealkylation sites (tertiary alicyclic amines) is 1. The maximum absolute atomic E-state index is 13.6. The van der Waals surface area contributed by atoms with Gasteiger partial charge in [0.25, 0.3) is 0 Å². The predicted octanol–water partition coefficient (Wildman–Crippen LogP) is 2.11. The van der Waals surface area contributed by atoms with Gasteiger partial charge in [0.2, 0.25) is 5.91 Å². The van der Waals surface area contributed by atoms with E-state index in [0.29, 0.717) is 25.9 Å². The number of aliphatic carboxylic acids is 1. The molecule has 7 nitrogen and oxygen atoms in total. The van der Waals surface area contributed by atoms with Crippen molar-refractivity contribution < 1.29 is 14.7 Å². The molecule has 2 aliphatic heterocycles. The Kier molecular flexibility index (Phi) is 6.58. The van der Waals surface area contributed by atoms with Crippen molar-refractivity contribution >= 4 is 11.9 Å². The van der Waals surface area contributed by atoms with Gasteiger partial charge in [-0.25, -0.2) is 0 Å². The van der Waals surface area contributed by atoms with Gasteiger partial charge in [-0.1, -0.05) is 26.8 Å². The number of likely N-dealkylation sites (N-methyl/N-ethyl adjacent to an activating group) is 2. The minimum absolute atomic E-state index is 0.0772. The monoisotopic (exact) mass is 402 g/mol. The molecule has 1 N–H and O–H groups in total. The second-order valence-corrected chi connectivity index (χ2v) is 8.85. The van der Waals surface area contributed by atoms with Crippen molar-refractivity contribution in [1.82, 2.24) is 19.7 Å². The molecule has 3 heterocycles. The van der Waals surface area contributed by atoms with Crippen LogP contribution in [0.2, 0.25) is 0 Å². The number of rotatable bonds is 6. The smallest absolute Gasteiger partial charge is 0.324 e. The Labute approximate surface area is 173 Å². The number of pyridine rings is 1. The van der Waals surface area contributed by atoms with E-state index >= 15 is 0 Å². The third kappa shape index (κ3) is 4.16. The molecule has 1 amide bonds. The Bertz CT molecular complexity index is 718. The summed E-state index contributed by atoms with van der Waals surface area (Å²) in [6, 6.07) is 3.53. The summed E-state index contributed by atoms with van der Waals surface area (Å²) in [7, 11) is 1.86. The van der Waals surface area contributed by atoms with Gasteiger partial charge in [0.1, 0.15) is 5.54 Å². The van der Waals surface area contributed by atoms with E-state index in [1.165, 1.54) is 0 Å². The molecular weight excluding hydrogens is 368 g/mol. The molecule has 2 fully saturated rings. The first kappa shape index (κ1) is 21.7. The average Bonchev–Trinajstić information content (AvgIpc) is 3.01. The van der Waals surface area contributed by atoms with Gasteiger partial charge < -0.3 is 14.9 Å². The van der Waals surface area contributed by atoms with Gasteiger partial charge in [-0.05, 0) is 44.0 Å². The molecule has 160 valence electrons. The fourth-order valence-corrected chi connectivity index (χ4v) is 5.13. The molecule has 0 radical (unpaired) electrons. The number of carbonyl (C=O) groups excluding carboxylic acids is 1. The Morgan fingerprint density at radius 1 is 1.28 bits per heavy atom. The van der Waals surface area contributed by atoms with Gasteiger partial charge in [0.05, 0.1) is 5.92 Å². The van der Waals surface area contributed by atoms with Crippen LogP contribution in [-0.4, -0.2) is 82.0 Å². The zero-order chi connectivity index (χ0) is 21.2. The molecule has 0 spiro atoms. The van der Waals surface area contributed by atoms with Gasteiger partial charge in [0.15, 0.2) is 0 Å². The minimum Gasteiger partial charge on any atom is -0.480 e. The number of aromatic nitrogens is 1. The van der Waals surface area contributed by atoms with Gasteiger partial charge in [0, 0.05) is 44.6 Å². The number of carbonyl (C=O) groups is 2. The zero-order valence-electron chi connectivity index (χ0n) is 18.0. The topological polar surface area (TPSA) is 77.0 Å². The second kappa shape index (κ2) is 8.79. The van der Waals surface area contributed by atoms with Crippen molar-refractivity contribution in [2.75, 3.05) is 39.8 Å². The summed E-state index contributed by atoms with van der Waals surface area (Å²) in [5.74, 6) is -0.931. The van der Waals surface area contributed by atoms with Crippen LogP contribution in [0.15, 0.2) is 24.5 Å². The highest BCUT2D eigenvalue weighted by Crippen LogP contribution is 2.49. The van der Waals surface area contributed by atoms with E-state index in [0.717, 1.165) is 25.2 Å². The maximum atomic E-state index is 13.6. The molecule has 3 atom stereocenters. The highest BCUT2D eigenvalue weighted by atomic mass is 16.4. The van der Waals surface area contributed by atoms with E-state index in [4.69, 9.17) is 0 Å². The maximum Gasteiger partial charge on any atom is 0.324 e. The van der Waals surface area contributed by atoms with E-state index in [9.17, 15) is 14.7 Å². The first-order valence-corrected chi connectivity index (χ1v) is 10.7. The number of piperazine rings is 1. The molecule has 7 heteroatoms. The zero-order valence-corrected chi connectivity index (χ0v) is 18.0. The molecule has 3 rings (SSSR count). The molecule has 0 unspecified atom stereocenters. The largest absolute Gasteiger partial charge is 0.480 e. The SMILES string of the molecule is CCN1CCN(C(=O)[C@@H]2C[C@](CC(C)C)(C(=O)O)N(C)[C@@H]2c2cccnc2)CC1. The predicted molar refractivity (Wildman–Crippen MR) is 111 cm³/mol. The molecule has 29 heavy (non-hydrogen) atoms. The Morgan fingerprint density at radius 2 is 1.97 bits per heavy atom. The average molecular weight is 403 g/mol. The van der Waals surface area contributed by atoms with E-state index < -0.39 is 11.5 Å². The third-order valence-corrected chi connectivity index (χ3v) is 6.65. The van der Waals surface area contributed by atoms with Crippen molar-refractivity contribution in [1.29, 1.82) is 0 Å². The normalized spacial score (nSPS) is 28.8. The van der Waals surface area contributed by atoms with Gasteiger partial charge >= 0.3 is 5.97 Å². The molecule has 0 bridgehead atoms. The molecular formula is C22H34N4O3. The lowest BCUT2D eigenvalue weighted by atomic mass is 9.83. The summed E-state index contributed by atoms with van der Waals surface area (Å²) in [6.07, 6.45) is 4.33. The van der Waals surface area contributed by atoms with Crippen molar-refractivity contribution in [3.8, 4) is 0 Å². The van der Waals surface area contributed by atoms with Crippen molar-refractivity contribution in [3.05, 3.63) is 30.1 Å². The van der Waals surface area contributed by atoms with Crippen LogP contribution in [0.4, 0.5) is 0 Å². The van der Waals surface area contributed by atoms with Gasteiger partial charge in [-0.15, -0.1) is 0 Å². The molecule has 1 aromatic rings. The number of carboxylic acids is 1. The van der Waals surface area contributed by atoms with Crippen LogP contribution in [-0.2, 0) is 9.59 Å². The van der Waals surface area contributed by atoms with Crippen molar-refractivity contribution in [2.24, 2.45) is 11.8 Å². The summed E-state index contributed by atoms with van der Waals surface area (Å²) in [5.41, 5.74) is -0.132. The number of nitrogens with zero attached hydrogens (tertiary/aromatic N) is 4. The molecule has 2 aliphatic rings. The Morgan fingerprint density at radius 3 is 2.48 bits per heavy atom. The number of amides is 1. The van der Waals surface area contributed by atoms with Crippen LogP contribution in [0.5, 0.6) is 0 Å².